The molecule has 0 amide bonds. The number of pyridine rings is 1. The molecule has 0 fully saturated rings. The summed E-state index contributed by atoms with van der Waals surface area (Å²) in [5, 5.41) is 15.0. The fourth-order valence-corrected chi connectivity index (χ4v) is 2.66. The van der Waals surface area contributed by atoms with Crippen LogP contribution in [-0.4, -0.2) is 21.0 Å². The number of thiazole rings is 1. The molecule has 0 aliphatic heterocycles. The van der Waals surface area contributed by atoms with Crippen LogP contribution in [0.3, 0.4) is 0 Å². The molecule has 6 nitrogen and oxygen atoms in total. The maximum absolute atomic E-state index is 8.67. The summed E-state index contributed by atoms with van der Waals surface area (Å²) in [4.78, 5) is 8.30. The van der Waals surface area contributed by atoms with Gasteiger partial charge in [0.25, 0.3) is 0 Å². The van der Waals surface area contributed by atoms with Crippen LogP contribution in [0.1, 0.15) is 11.3 Å². The molecule has 1 aromatic carbocycles. The average molecular weight is 299 g/mol. The van der Waals surface area contributed by atoms with Crippen molar-refractivity contribution in [3.63, 3.8) is 0 Å². The smallest absolute Gasteiger partial charge is 0.188 e. The molecule has 3 rings (SSSR count). The summed E-state index contributed by atoms with van der Waals surface area (Å²) in [5.74, 6) is 0.00271. The molecule has 21 heavy (non-hydrogen) atoms. The Morgan fingerprint density at radius 3 is 3.05 bits per heavy atom. The second kappa shape index (κ2) is 5.76. The first-order valence-corrected chi connectivity index (χ1v) is 7.14. The van der Waals surface area contributed by atoms with Crippen molar-refractivity contribution in [2.75, 3.05) is 5.32 Å². The minimum atomic E-state index is 0.00271. The Morgan fingerprint density at radius 1 is 1.29 bits per heavy atom. The number of hydrogen-bond acceptors (Lipinski definition) is 6. The number of amidine groups is 1. The van der Waals surface area contributed by atoms with Gasteiger partial charge in [-0.25, -0.2) is 4.98 Å². The molecule has 0 bridgehead atoms. The van der Waals surface area contributed by atoms with Gasteiger partial charge in [0, 0.05) is 18.4 Å². The highest BCUT2D eigenvalue weighted by Crippen LogP contribution is 2.22. The first kappa shape index (κ1) is 13.3. The first-order valence-electron chi connectivity index (χ1n) is 6.26. The number of nitrogens with two attached hydrogens (primary N) is 1. The third-order valence-corrected chi connectivity index (χ3v) is 3.81. The molecule has 0 aliphatic rings. The van der Waals surface area contributed by atoms with Gasteiger partial charge in [0.15, 0.2) is 5.84 Å². The van der Waals surface area contributed by atoms with E-state index in [1.54, 1.807) is 23.6 Å². The number of fused-ring (bicyclic) bond motifs is 1. The third-order valence-electron chi connectivity index (χ3n) is 3.02. The molecule has 0 spiro atoms. The van der Waals surface area contributed by atoms with Crippen LogP contribution in [0.5, 0.6) is 0 Å². The number of anilines is 1. The second-order valence-corrected chi connectivity index (χ2v) is 5.31. The second-order valence-electron chi connectivity index (χ2n) is 4.42. The summed E-state index contributed by atoms with van der Waals surface area (Å²) < 4.78 is 1.15. The van der Waals surface area contributed by atoms with E-state index in [1.807, 2.05) is 23.7 Å². The number of nitrogens with one attached hydrogen (secondary N) is 1. The Labute approximate surface area is 125 Å². The minimum absolute atomic E-state index is 0.00271. The van der Waals surface area contributed by atoms with Gasteiger partial charge in [0.2, 0.25) is 0 Å². The summed E-state index contributed by atoms with van der Waals surface area (Å²) in [6.45, 7) is 0.624. The predicted molar refractivity (Wildman–Crippen MR) is 83.7 cm³/mol. The zero-order valence-electron chi connectivity index (χ0n) is 11.0. The van der Waals surface area contributed by atoms with Gasteiger partial charge in [-0.15, -0.1) is 11.3 Å². The molecule has 2 aromatic heterocycles. The van der Waals surface area contributed by atoms with E-state index in [0.717, 1.165) is 21.5 Å². The molecule has 0 radical (unpaired) electrons. The lowest BCUT2D eigenvalue weighted by Crippen LogP contribution is -2.15. The van der Waals surface area contributed by atoms with E-state index in [0.29, 0.717) is 12.2 Å². The number of oxime groups is 1. The summed E-state index contributed by atoms with van der Waals surface area (Å²) in [6, 6.07) is 9.72. The molecular formula is C14H13N5OS. The zero-order valence-corrected chi connectivity index (χ0v) is 11.8. The lowest BCUT2D eigenvalue weighted by atomic mass is 10.2. The van der Waals surface area contributed by atoms with Gasteiger partial charge in [-0.3, -0.25) is 4.98 Å². The van der Waals surface area contributed by atoms with Gasteiger partial charge in [0.05, 0.1) is 15.7 Å². The lowest BCUT2D eigenvalue weighted by Gasteiger charge is -2.07. The van der Waals surface area contributed by atoms with Crippen molar-refractivity contribution in [2.24, 2.45) is 10.9 Å². The monoisotopic (exact) mass is 299 g/mol. The van der Waals surface area contributed by atoms with E-state index < -0.39 is 0 Å². The fourth-order valence-electron chi connectivity index (χ4n) is 1.94. The van der Waals surface area contributed by atoms with Gasteiger partial charge in [-0.1, -0.05) is 5.16 Å². The van der Waals surface area contributed by atoms with Gasteiger partial charge in [0.1, 0.15) is 5.69 Å². The summed E-state index contributed by atoms with van der Waals surface area (Å²) in [7, 11) is 0. The fraction of sp³-hybridized carbons (Fsp3) is 0.0714. The van der Waals surface area contributed by atoms with Gasteiger partial charge >= 0.3 is 0 Å². The summed E-state index contributed by atoms with van der Waals surface area (Å²) >= 11 is 1.61. The maximum atomic E-state index is 8.67. The molecule has 0 aliphatic carbocycles. The van der Waals surface area contributed by atoms with Crippen LogP contribution in [0.25, 0.3) is 10.2 Å². The van der Waals surface area contributed by atoms with Crippen LogP contribution < -0.4 is 11.1 Å². The first-order chi connectivity index (χ1) is 10.3. The Balaban J connectivity index is 1.75. The number of hydrogen-bond donors (Lipinski definition) is 3. The van der Waals surface area contributed by atoms with Crippen molar-refractivity contribution < 1.29 is 5.21 Å². The molecule has 0 unspecified atom stereocenters. The van der Waals surface area contributed by atoms with Crippen LogP contribution in [0.4, 0.5) is 5.69 Å². The van der Waals surface area contributed by atoms with Crippen LogP contribution >= 0.6 is 11.3 Å². The molecule has 4 N–H and O–H groups in total. The average Bonchev–Trinajstić information content (AvgIpc) is 3.00. The molecule has 2 heterocycles. The molecule has 3 aromatic rings. The SMILES string of the molecule is N/C(=N/O)c1cc(CNc2ccc3ncsc3c2)ccn1. The summed E-state index contributed by atoms with van der Waals surface area (Å²) in [5.41, 5.74) is 10.8. The third kappa shape index (κ3) is 2.92. The van der Waals surface area contributed by atoms with Crippen LogP contribution in [0.2, 0.25) is 0 Å². The van der Waals surface area contributed by atoms with E-state index in [9.17, 15) is 0 Å². The molecule has 0 saturated carbocycles. The highest BCUT2D eigenvalue weighted by molar-refractivity contribution is 7.16. The number of benzene rings is 1. The zero-order chi connectivity index (χ0) is 14.7. The molecule has 0 atom stereocenters. The van der Waals surface area contributed by atoms with Crippen LogP contribution in [-0.2, 0) is 6.54 Å². The van der Waals surface area contributed by atoms with Crippen molar-refractivity contribution >= 4 is 33.1 Å². The summed E-state index contributed by atoms with van der Waals surface area (Å²) in [6.07, 6.45) is 1.64. The Hall–Kier alpha value is -2.67. The predicted octanol–water partition coefficient (Wildman–Crippen LogP) is 2.40. The lowest BCUT2D eigenvalue weighted by molar-refractivity contribution is 0.318. The number of aromatic nitrogens is 2. The van der Waals surface area contributed by atoms with E-state index in [1.165, 1.54) is 0 Å². The maximum Gasteiger partial charge on any atom is 0.188 e. The Bertz CT molecular complexity index is 799. The minimum Gasteiger partial charge on any atom is -0.409 e. The van der Waals surface area contributed by atoms with Crippen LogP contribution in [0, 0.1) is 0 Å². The van der Waals surface area contributed by atoms with Crippen molar-refractivity contribution in [3.05, 3.63) is 53.3 Å². The van der Waals surface area contributed by atoms with Crippen molar-refractivity contribution in [2.45, 2.75) is 6.54 Å². The molecule has 106 valence electrons. The highest BCUT2D eigenvalue weighted by atomic mass is 32.1. The molecular weight excluding hydrogens is 286 g/mol. The van der Waals surface area contributed by atoms with Crippen molar-refractivity contribution in [1.82, 2.24) is 9.97 Å². The van der Waals surface area contributed by atoms with Gasteiger partial charge in [-0.05, 0) is 35.9 Å². The standard InChI is InChI=1S/C14H13N5OS/c15-14(19-20)12-5-9(3-4-16-12)7-17-10-1-2-11-13(6-10)21-8-18-11/h1-6,8,17,20H,7H2,(H2,15,19). The van der Waals surface area contributed by atoms with Gasteiger partial charge in [-0.2, -0.15) is 0 Å². The topological polar surface area (TPSA) is 96.4 Å². The number of nitrogens with zero attached hydrogens (tertiary/aromatic N) is 3. The molecule has 0 saturated heterocycles. The Morgan fingerprint density at radius 2 is 2.19 bits per heavy atom. The van der Waals surface area contributed by atoms with E-state index in [-0.39, 0.29) is 5.84 Å². The quantitative estimate of drug-likeness (QED) is 0.297. The largest absolute Gasteiger partial charge is 0.409 e. The highest BCUT2D eigenvalue weighted by Gasteiger charge is 2.03. The number of rotatable bonds is 4. The van der Waals surface area contributed by atoms with E-state index in [4.69, 9.17) is 10.9 Å². The van der Waals surface area contributed by atoms with Crippen molar-refractivity contribution in [1.29, 1.82) is 0 Å². The van der Waals surface area contributed by atoms with Crippen molar-refractivity contribution in [3.8, 4) is 0 Å². The van der Waals surface area contributed by atoms with Gasteiger partial charge < -0.3 is 16.3 Å². The van der Waals surface area contributed by atoms with Crippen LogP contribution in [0.15, 0.2) is 47.2 Å². The molecule has 7 heteroatoms. The Kier molecular flexibility index (Phi) is 3.65. The normalized spacial score (nSPS) is 11.7. The van der Waals surface area contributed by atoms with E-state index in [2.05, 4.69) is 26.5 Å². The van der Waals surface area contributed by atoms with E-state index >= 15 is 0 Å².